The van der Waals surface area contributed by atoms with Gasteiger partial charge in [-0.05, 0) is 18.6 Å². The predicted octanol–water partition coefficient (Wildman–Crippen LogP) is 1.45. The average molecular weight is 402 g/mol. The molecule has 2 rings (SSSR count). The van der Waals surface area contributed by atoms with Crippen molar-refractivity contribution in [3.63, 3.8) is 0 Å². The van der Waals surface area contributed by atoms with Gasteiger partial charge in [-0.3, -0.25) is 0 Å². The molecule has 1 unspecified atom stereocenters. The summed E-state index contributed by atoms with van der Waals surface area (Å²) in [5.74, 6) is 0. The molecule has 0 amide bonds. The molecule has 1 atom stereocenters. The van der Waals surface area contributed by atoms with Crippen molar-refractivity contribution in [2.24, 2.45) is 0 Å². The lowest BCUT2D eigenvalue weighted by Crippen LogP contribution is -3.00. The van der Waals surface area contributed by atoms with Crippen LogP contribution >= 0.6 is 11.6 Å². The third-order valence-electron chi connectivity index (χ3n) is 3.46. The standard InChI is InChI=1S/C17H21ClN.HI/c1-13-9-5-6-10-14(13)17(19(2,3)4)15-11-7-8-12-16(15)18;/h5-12,17H,1-4H3;1H/q+1;/p-1. The van der Waals surface area contributed by atoms with Crippen LogP contribution in [0, 0.1) is 6.92 Å². The molecule has 0 N–H and O–H groups in total. The lowest BCUT2D eigenvalue weighted by atomic mass is 9.93. The Bertz CT molecular complexity index is 530. The van der Waals surface area contributed by atoms with E-state index in [9.17, 15) is 0 Å². The van der Waals surface area contributed by atoms with Crippen LogP contribution in [-0.4, -0.2) is 25.6 Å². The van der Waals surface area contributed by atoms with Crippen molar-refractivity contribution in [3.8, 4) is 0 Å². The maximum atomic E-state index is 6.42. The van der Waals surface area contributed by atoms with E-state index >= 15 is 0 Å². The fraction of sp³-hybridized carbons (Fsp3) is 0.294. The van der Waals surface area contributed by atoms with Crippen molar-refractivity contribution in [2.75, 3.05) is 21.1 Å². The zero-order chi connectivity index (χ0) is 14.0. The molecule has 0 aliphatic carbocycles. The van der Waals surface area contributed by atoms with Gasteiger partial charge < -0.3 is 28.5 Å². The van der Waals surface area contributed by atoms with E-state index in [1.54, 1.807) is 0 Å². The summed E-state index contributed by atoms with van der Waals surface area (Å²) < 4.78 is 0.814. The lowest BCUT2D eigenvalue weighted by Gasteiger charge is -2.36. The molecule has 0 saturated heterocycles. The molecular weight excluding hydrogens is 381 g/mol. The van der Waals surface area contributed by atoms with Crippen molar-refractivity contribution in [1.82, 2.24) is 0 Å². The molecule has 0 heterocycles. The van der Waals surface area contributed by atoms with Gasteiger partial charge in [0.15, 0.2) is 0 Å². The van der Waals surface area contributed by atoms with E-state index in [-0.39, 0.29) is 30.0 Å². The first kappa shape index (κ1) is 17.5. The molecule has 3 heteroatoms. The smallest absolute Gasteiger partial charge is 0.141 e. The Morgan fingerprint density at radius 1 is 0.850 bits per heavy atom. The van der Waals surface area contributed by atoms with Gasteiger partial charge in [-0.15, -0.1) is 0 Å². The second-order valence-corrected chi connectivity index (χ2v) is 6.30. The first-order valence-electron chi connectivity index (χ1n) is 6.52. The lowest BCUT2D eigenvalue weighted by molar-refractivity contribution is -0.896. The monoisotopic (exact) mass is 401 g/mol. The van der Waals surface area contributed by atoms with Gasteiger partial charge in [0.2, 0.25) is 0 Å². The molecule has 0 radical (unpaired) electrons. The number of benzene rings is 2. The maximum absolute atomic E-state index is 6.42. The molecular formula is C17H21ClIN. The highest BCUT2D eigenvalue weighted by Gasteiger charge is 2.30. The maximum Gasteiger partial charge on any atom is 0.141 e. The molecule has 0 aromatic heterocycles. The van der Waals surface area contributed by atoms with Gasteiger partial charge in [0.05, 0.1) is 26.2 Å². The Morgan fingerprint density at radius 3 is 1.85 bits per heavy atom. The molecule has 0 bridgehead atoms. The van der Waals surface area contributed by atoms with Crippen molar-refractivity contribution in [1.29, 1.82) is 0 Å². The summed E-state index contributed by atoms with van der Waals surface area (Å²) in [4.78, 5) is 0. The second-order valence-electron chi connectivity index (χ2n) is 5.90. The first-order chi connectivity index (χ1) is 8.91. The summed E-state index contributed by atoms with van der Waals surface area (Å²) in [5, 5.41) is 0.837. The molecule has 0 spiro atoms. The molecule has 0 saturated carbocycles. The number of rotatable bonds is 3. The minimum absolute atomic E-state index is 0. The van der Waals surface area contributed by atoms with E-state index in [1.807, 2.05) is 12.1 Å². The van der Waals surface area contributed by atoms with Crippen LogP contribution in [0.25, 0.3) is 0 Å². The average Bonchev–Trinajstić information content (AvgIpc) is 2.33. The van der Waals surface area contributed by atoms with Crippen LogP contribution in [0.5, 0.6) is 0 Å². The van der Waals surface area contributed by atoms with E-state index in [0.717, 1.165) is 9.51 Å². The van der Waals surface area contributed by atoms with E-state index in [4.69, 9.17) is 11.6 Å². The fourth-order valence-electron chi connectivity index (χ4n) is 2.59. The van der Waals surface area contributed by atoms with Crippen LogP contribution in [0.15, 0.2) is 48.5 Å². The Morgan fingerprint density at radius 2 is 1.35 bits per heavy atom. The number of quaternary nitrogens is 1. The van der Waals surface area contributed by atoms with E-state index in [2.05, 4.69) is 64.5 Å². The summed E-state index contributed by atoms with van der Waals surface area (Å²) in [6.07, 6.45) is 0. The van der Waals surface area contributed by atoms with Crippen LogP contribution in [-0.2, 0) is 0 Å². The van der Waals surface area contributed by atoms with Crippen molar-refractivity contribution in [2.45, 2.75) is 13.0 Å². The molecule has 0 fully saturated rings. The fourth-order valence-corrected chi connectivity index (χ4v) is 2.83. The van der Waals surface area contributed by atoms with Gasteiger partial charge in [0.1, 0.15) is 6.04 Å². The van der Waals surface area contributed by atoms with Crippen molar-refractivity contribution < 1.29 is 28.5 Å². The molecule has 0 aliphatic heterocycles. The van der Waals surface area contributed by atoms with Gasteiger partial charge in [-0.1, -0.05) is 54.1 Å². The minimum atomic E-state index is 0. The first-order valence-corrected chi connectivity index (χ1v) is 6.90. The third-order valence-corrected chi connectivity index (χ3v) is 3.80. The molecule has 2 aromatic rings. The summed E-state index contributed by atoms with van der Waals surface area (Å²) >= 11 is 6.42. The summed E-state index contributed by atoms with van der Waals surface area (Å²) in [5.41, 5.74) is 3.83. The number of nitrogens with zero attached hydrogens (tertiary/aromatic N) is 1. The molecule has 108 valence electrons. The van der Waals surface area contributed by atoms with Gasteiger partial charge in [-0.2, -0.15) is 0 Å². The highest BCUT2D eigenvalue weighted by Crippen LogP contribution is 2.36. The zero-order valence-electron chi connectivity index (χ0n) is 12.4. The van der Waals surface area contributed by atoms with Crippen LogP contribution in [0.1, 0.15) is 22.7 Å². The SMILES string of the molecule is Cc1ccccc1C(c1ccccc1Cl)[N+](C)(C)C.[I-]. The number of hydrogen-bond donors (Lipinski definition) is 0. The van der Waals surface area contributed by atoms with Crippen molar-refractivity contribution in [3.05, 3.63) is 70.2 Å². The van der Waals surface area contributed by atoms with Gasteiger partial charge >= 0.3 is 0 Å². The molecule has 2 aromatic carbocycles. The highest BCUT2D eigenvalue weighted by molar-refractivity contribution is 6.31. The van der Waals surface area contributed by atoms with Crippen LogP contribution in [0.3, 0.4) is 0 Å². The summed E-state index contributed by atoms with van der Waals surface area (Å²) in [7, 11) is 6.63. The Balaban J connectivity index is 0.00000200. The predicted molar refractivity (Wildman–Crippen MR) is 82.5 cm³/mol. The van der Waals surface area contributed by atoms with Crippen LogP contribution < -0.4 is 24.0 Å². The normalized spacial score (nSPS) is 12.7. The Kier molecular flexibility index (Phi) is 6.05. The van der Waals surface area contributed by atoms with Gasteiger partial charge in [0, 0.05) is 11.1 Å². The van der Waals surface area contributed by atoms with E-state index in [1.165, 1.54) is 16.7 Å². The second kappa shape index (κ2) is 6.92. The van der Waals surface area contributed by atoms with E-state index < -0.39 is 0 Å². The largest absolute Gasteiger partial charge is 1.00 e. The quantitative estimate of drug-likeness (QED) is 0.539. The zero-order valence-corrected chi connectivity index (χ0v) is 15.3. The van der Waals surface area contributed by atoms with Crippen LogP contribution in [0.4, 0.5) is 0 Å². The Labute approximate surface area is 144 Å². The number of aryl methyl sites for hydroxylation is 1. The third kappa shape index (κ3) is 3.74. The highest BCUT2D eigenvalue weighted by atomic mass is 127. The van der Waals surface area contributed by atoms with Crippen LogP contribution in [0.2, 0.25) is 5.02 Å². The Hall–Kier alpha value is -0.580. The van der Waals surface area contributed by atoms with Crippen molar-refractivity contribution >= 4 is 11.6 Å². The minimum Gasteiger partial charge on any atom is -1.00 e. The number of halogens is 2. The topological polar surface area (TPSA) is 0 Å². The summed E-state index contributed by atoms with van der Waals surface area (Å²) in [6.45, 7) is 2.16. The summed E-state index contributed by atoms with van der Waals surface area (Å²) in [6, 6.07) is 16.9. The molecule has 20 heavy (non-hydrogen) atoms. The van der Waals surface area contributed by atoms with E-state index in [0.29, 0.717) is 0 Å². The molecule has 1 nitrogen and oxygen atoms in total. The number of hydrogen-bond acceptors (Lipinski definition) is 0. The van der Waals surface area contributed by atoms with Gasteiger partial charge in [0.25, 0.3) is 0 Å². The van der Waals surface area contributed by atoms with Gasteiger partial charge in [-0.25, -0.2) is 0 Å². The molecule has 0 aliphatic rings.